The van der Waals surface area contributed by atoms with Crippen molar-refractivity contribution in [2.24, 2.45) is 10.8 Å². The largest absolute Gasteiger partial charge is 0.396 e. The molecule has 0 aliphatic carbocycles. The average Bonchev–Trinajstić information content (AvgIpc) is 2.40. The first-order valence-electron chi connectivity index (χ1n) is 7.03. The van der Waals surface area contributed by atoms with Crippen LogP contribution in [0.3, 0.4) is 0 Å². The summed E-state index contributed by atoms with van der Waals surface area (Å²) in [5.74, 6) is 2.00. The summed E-state index contributed by atoms with van der Waals surface area (Å²) in [6.07, 6.45) is 1.42. The smallest absolute Gasteiger partial charge is 0.0482 e. The second kappa shape index (κ2) is 9.28. The minimum absolute atomic E-state index is 0.0897. The molecule has 0 heterocycles. The van der Waals surface area contributed by atoms with Crippen molar-refractivity contribution < 1.29 is 18.6 Å². The van der Waals surface area contributed by atoms with Crippen molar-refractivity contribution in [2.45, 2.75) is 40.5 Å². The molecule has 0 spiro atoms. The first-order valence-corrected chi connectivity index (χ1v) is 10.0. The number of aliphatic hydroxyl groups excluding tert-OH is 2. The minimum Gasteiger partial charge on any atom is -0.396 e. The third kappa shape index (κ3) is 10.0. The fourth-order valence-electron chi connectivity index (χ4n) is 1.33. The van der Waals surface area contributed by atoms with Gasteiger partial charge in [-0.05, 0) is 23.7 Å². The molecule has 0 saturated heterocycles. The number of rotatable bonds is 11. The lowest BCUT2D eigenvalue weighted by molar-refractivity contribution is 0.156. The molecule has 0 rings (SSSR count). The van der Waals surface area contributed by atoms with E-state index in [4.69, 9.17) is 10.2 Å². The molecule has 0 aromatic heterocycles. The zero-order valence-corrected chi connectivity index (χ0v) is 14.8. The normalized spacial score (nSPS) is 16.1. The number of hydrogen-bond acceptors (Lipinski definition) is 4. The Morgan fingerprint density at radius 3 is 1.25 bits per heavy atom. The predicted molar refractivity (Wildman–Crippen MR) is 86.7 cm³/mol. The van der Waals surface area contributed by atoms with Gasteiger partial charge in [0.25, 0.3) is 0 Å². The lowest BCUT2D eigenvalue weighted by atomic mass is 9.92. The Morgan fingerprint density at radius 2 is 1.00 bits per heavy atom. The van der Waals surface area contributed by atoms with E-state index in [9.17, 15) is 8.42 Å². The number of hydrogen-bond donors (Lipinski definition) is 2. The maximum Gasteiger partial charge on any atom is 0.0482 e. The molecule has 122 valence electrons. The highest BCUT2D eigenvalue weighted by molar-refractivity contribution is 7.88. The Balaban J connectivity index is 3.87. The van der Waals surface area contributed by atoms with Gasteiger partial charge in [-0.3, -0.25) is 8.42 Å². The van der Waals surface area contributed by atoms with E-state index in [1.165, 1.54) is 0 Å². The van der Waals surface area contributed by atoms with Gasteiger partial charge in [0, 0.05) is 57.8 Å². The van der Waals surface area contributed by atoms with E-state index < -0.39 is 21.6 Å². The van der Waals surface area contributed by atoms with Crippen molar-refractivity contribution in [1.82, 2.24) is 0 Å². The van der Waals surface area contributed by atoms with Gasteiger partial charge in [0.2, 0.25) is 0 Å². The third-order valence-corrected chi connectivity index (χ3v) is 6.30. The lowest BCUT2D eigenvalue weighted by Gasteiger charge is -2.21. The van der Waals surface area contributed by atoms with Crippen LogP contribution in [-0.4, -0.2) is 54.9 Å². The monoisotopic (exact) mass is 326 g/mol. The zero-order chi connectivity index (χ0) is 15.8. The van der Waals surface area contributed by atoms with Crippen LogP contribution in [-0.2, 0) is 21.6 Å². The summed E-state index contributed by atoms with van der Waals surface area (Å²) in [6.45, 7) is 7.95. The van der Waals surface area contributed by atoms with Crippen molar-refractivity contribution in [1.29, 1.82) is 0 Å². The average molecular weight is 327 g/mol. The van der Waals surface area contributed by atoms with E-state index in [1.807, 2.05) is 27.7 Å². The fraction of sp³-hybridized carbons (Fsp3) is 1.00. The summed E-state index contributed by atoms with van der Waals surface area (Å²) in [7, 11) is -1.94. The summed E-state index contributed by atoms with van der Waals surface area (Å²) in [6, 6.07) is 0. The van der Waals surface area contributed by atoms with Gasteiger partial charge in [-0.25, -0.2) is 0 Å². The lowest BCUT2D eigenvalue weighted by Crippen LogP contribution is -2.23. The Bertz CT molecular complexity index is 295. The van der Waals surface area contributed by atoms with Gasteiger partial charge >= 0.3 is 0 Å². The molecule has 0 bridgehead atoms. The highest BCUT2D eigenvalue weighted by Gasteiger charge is 2.19. The molecule has 4 nitrogen and oxygen atoms in total. The van der Waals surface area contributed by atoms with E-state index in [0.717, 1.165) is 0 Å². The van der Waals surface area contributed by atoms with Gasteiger partial charge in [0.05, 0.1) is 0 Å². The molecular weight excluding hydrogens is 296 g/mol. The van der Waals surface area contributed by atoms with Gasteiger partial charge in [-0.1, -0.05) is 27.7 Å². The molecule has 2 N–H and O–H groups in total. The van der Waals surface area contributed by atoms with Crippen molar-refractivity contribution in [2.75, 3.05) is 36.2 Å². The molecule has 0 aromatic rings. The summed E-state index contributed by atoms with van der Waals surface area (Å²) in [4.78, 5) is 0. The first-order chi connectivity index (χ1) is 9.12. The Labute approximate surface area is 128 Å². The number of aliphatic hydroxyl groups is 2. The van der Waals surface area contributed by atoms with E-state index in [2.05, 4.69) is 0 Å². The van der Waals surface area contributed by atoms with Gasteiger partial charge in [-0.2, -0.15) is 0 Å². The third-order valence-electron chi connectivity index (χ3n) is 3.41. The van der Waals surface area contributed by atoms with Crippen LogP contribution in [0, 0.1) is 10.8 Å². The van der Waals surface area contributed by atoms with Gasteiger partial charge in [0.15, 0.2) is 0 Å². The van der Waals surface area contributed by atoms with Crippen LogP contribution < -0.4 is 0 Å². The molecule has 2 atom stereocenters. The zero-order valence-electron chi connectivity index (χ0n) is 13.2. The van der Waals surface area contributed by atoms with Crippen LogP contribution in [0.2, 0.25) is 0 Å². The molecule has 6 heteroatoms. The molecule has 0 amide bonds. The molecule has 0 saturated carbocycles. The van der Waals surface area contributed by atoms with Crippen molar-refractivity contribution in [3.05, 3.63) is 0 Å². The predicted octanol–water partition coefficient (Wildman–Crippen LogP) is 1.30. The minimum atomic E-state index is -0.969. The van der Waals surface area contributed by atoms with E-state index in [-0.39, 0.29) is 24.0 Å². The van der Waals surface area contributed by atoms with Crippen LogP contribution in [0.5, 0.6) is 0 Å². The second-order valence-corrected chi connectivity index (χ2v) is 10.2. The summed E-state index contributed by atoms with van der Waals surface area (Å²) >= 11 is 0. The van der Waals surface area contributed by atoms with Crippen LogP contribution in [0.1, 0.15) is 40.5 Å². The standard InChI is InChI=1S/C14H30O4S2/c1-13(2,11-15)5-7-19(17)9-10-20(18)8-6-14(3,4)12-16/h15-16H,5-12H2,1-4H3. The first kappa shape index (κ1) is 20.2. The topological polar surface area (TPSA) is 74.6 Å². The van der Waals surface area contributed by atoms with E-state index in [0.29, 0.717) is 35.9 Å². The van der Waals surface area contributed by atoms with Crippen LogP contribution in [0.4, 0.5) is 0 Å². The fourth-order valence-corrected chi connectivity index (χ4v) is 4.78. The molecule has 0 aromatic carbocycles. The highest BCUT2D eigenvalue weighted by Crippen LogP contribution is 2.20. The van der Waals surface area contributed by atoms with Gasteiger partial charge < -0.3 is 10.2 Å². The van der Waals surface area contributed by atoms with E-state index in [1.54, 1.807) is 0 Å². The van der Waals surface area contributed by atoms with Crippen molar-refractivity contribution in [3.63, 3.8) is 0 Å². The Morgan fingerprint density at radius 1 is 0.700 bits per heavy atom. The van der Waals surface area contributed by atoms with Crippen LogP contribution >= 0.6 is 0 Å². The molecule has 0 radical (unpaired) electrons. The molecule has 20 heavy (non-hydrogen) atoms. The molecule has 0 aliphatic rings. The summed E-state index contributed by atoms with van der Waals surface area (Å²) in [5.41, 5.74) is -0.389. The van der Waals surface area contributed by atoms with Crippen LogP contribution in [0.15, 0.2) is 0 Å². The Hall–Kier alpha value is 0.220. The van der Waals surface area contributed by atoms with Gasteiger partial charge in [-0.15, -0.1) is 0 Å². The highest BCUT2D eigenvalue weighted by atomic mass is 32.2. The maximum absolute atomic E-state index is 11.8. The summed E-state index contributed by atoms with van der Waals surface area (Å²) < 4.78 is 23.6. The maximum atomic E-state index is 11.8. The van der Waals surface area contributed by atoms with E-state index >= 15 is 0 Å². The Kier molecular flexibility index (Phi) is 9.38. The summed E-state index contributed by atoms with van der Waals surface area (Å²) in [5, 5.41) is 18.3. The quantitative estimate of drug-likeness (QED) is 0.600. The SMILES string of the molecule is CC(C)(CO)CCS(=O)CCS(=O)CCC(C)(C)CO. The molecular formula is C14H30O4S2. The van der Waals surface area contributed by atoms with Crippen molar-refractivity contribution in [3.8, 4) is 0 Å². The van der Waals surface area contributed by atoms with Gasteiger partial charge in [0.1, 0.15) is 0 Å². The molecule has 0 fully saturated rings. The molecule has 2 unspecified atom stereocenters. The van der Waals surface area contributed by atoms with Crippen molar-refractivity contribution >= 4 is 21.6 Å². The van der Waals surface area contributed by atoms with Crippen LogP contribution in [0.25, 0.3) is 0 Å². The molecule has 0 aliphatic heterocycles. The second-order valence-electron chi connectivity index (χ2n) is 6.84.